The highest BCUT2D eigenvalue weighted by Crippen LogP contribution is 2.62. The Hall–Kier alpha value is -0.0162. The minimum Gasteiger partial charge on any atom is -0.311 e. The number of hydrogen-bond donors (Lipinski definition) is 0. The van der Waals surface area contributed by atoms with Crippen LogP contribution in [-0.4, -0.2) is 21.1 Å². The molecule has 0 amide bonds. The SMILES string of the molecule is CS(Cl)(Cl)c1ccc(N(c2ccc([SiH2]Cl)cc2)c2ccc([Si](Cl)(Cl)Cl)cc2)cc1. The molecule has 3 aromatic rings. The quantitative estimate of drug-likeness (QED) is 0.231. The number of anilines is 3. The molecule has 0 saturated heterocycles. The number of halogens is 6. The predicted octanol–water partition coefficient (Wildman–Crippen LogP) is 7.07. The Kier molecular flexibility index (Phi) is 7.86. The van der Waals surface area contributed by atoms with E-state index in [2.05, 4.69) is 29.2 Å². The first kappa shape index (κ1) is 23.6. The molecule has 0 aliphatic rings. The third kappa shape index (κ3) is 6.03. The maximum Gasteiger partial charge on any atom is 0.372 e. The van der Waals surface area contributed by atoms with Crippen LogP contribution in [0.2, 0.25) is 0 Å². The lowest BCUT2D eigenvalue weighted by Gasteiger charge is -2.27. The largest absolute Gasteiger partial charge is 0.372 e. The van der Waals surface area contributed by atoms with Crippen LogP contribution < -0.4 is 15.3 Å². The molecule has 154 valence electrons. The van der Waals surface area contributed by atoms with Crippen molar-refractivity contribution < 1.29 is 0 Å². The molecule has 0 aliphatic heterocycles. The Bertz CT molecular complexity index is 897. The van der Waals surface area contributed by atoms with Gasteiger partial charge in [0.1, 0.15) is 0 Å². The molecule has 3 aromatic carbocycles. The fourth-order valence-corrected chi connectivity index (χ4v) is 6.67. The minimum absolute atomic E-state index is 0.730. The second-order valence-corrected chi connectivity index (χ2v) is 22.8. The Morgan fingerprint density at radius 1 is 0.724 bits per heavy atom. The topological polar surface area (TPSA) is 3.24 Å². The zero-order chi connectivity index (χ0) is 21.2. The van der Waals surface area contributed by atoms with E-state index in [1.807, 2.05) is 54.8 Å². The van der Waals surface area contributed by atoms with Crippen LogP contribution >= 0.6 is 74.1 Å². The van der Waals surface area contributed by atoms with Gasteiger partial charge in [-0.1, -0.05) is 32.7 Å². The summed E-state index contributed by atoms with van der Waals surface area (Å²) >= 11 is 24.5. The maximum absolute atomic E-state index is 6.31. The molecule has 0 saturated carbocycles. The van der Waals surface area contributed by atoms with E-state index in [-0.39, 0.29) is 0 Å². The third-order valence-electron chi connectivity index (χ3n) is 4.31. The first-order valence-corrected chi connectivity index (χ1v) is 20.1. The van der Waals surface area contributed by atoms with Crippen molar-refractivity contribution in [3.8, 4) is 0 Å². The molecule has 0 bridgehead atoms. The van der Waals surface area contributed by atoms with Gasteiger partial charge in [-0.3, -0.25) is 0 Å². The van der Waals surface area contributed by atoms with Crippen molar-refractivity contribution in [1.82, 2.24) is 0 Å². The van der Waals surface area contributed by atoms with Crippen LogP contribution in [0.4, 0.5) is 17.1 Å². The molecule has 0 aromatic heterocycles. The molecule has 10 heteroatoms. The van der Waals surface area contributed by atoms with Crippen LogP contribution in [0.1, 0.15) is 0 Å². The molecule has 0 fully saturated rings. The van der Waals surface area contributed by atoms with Gasteiger partial charge >= 0.3 is 6.00 Å². The monoisotopic (exact) mass is 557 g/mol. The molecule has 0 N–H and O–H groups in total. The molecule has 0 spiro atoms. The van der Waals surface area contributed by atoms with Gasteiger partial charge in [0.2, 0.25) is 0 Å². The second-order valence-electron chi connectivity index (χ2n) is 6.40. The Morgan fingerprint density at radius 2 is 1.14 bits per heavy atom. The molecule has 29 heavy (non-hydrogen) atoms. The van der Waals surface area contributed by atoms with E-state index < -0.39 is 23.3 Å². The first-order valence-electron chi connectivity index (χ1n) is 8.49. The first-order chi connectivity index (χ1) is 13.6. The molecular weight excluding hydrogens is 543 g/mol. The van der Waals surface area contributed by atoms with Crippen LogP contribution in [0, 0.1) is 0 Å². The van der Waals surface area contributed by atoms with Gasteiger partial charge in [0.15, 0.2) is 8.83 Å². The van der Waals surface area contributed by atoms with E-state index in [0.29, 0.717) is 0 Å². The zero-order valence-corrected chi connectivity index (χ0v) is 23.0. The van der Waals surface area contributed by atoms with Crippen molar-refractivity contribution in [3.05, 3.63) is 72.8 Å². The van der Waals surface area contributed by atoms with Crippen LogP contribution in [0.3, 0.4) is 0 Å². The van der Waals surface area contributed by atoms with Crippen molar-refractivity contribution >= 4 is 116 Å². The van der Waals surface area contributed by atoms with Gasteiger partial charge < -0.3 is 4.90 Å². The highest BCUT2D eigenvalue weighted by atomic mass is 36.0. The van der Waals surface area contributed by atoms with E-state index in [4.69, 9.17) is 65.7 Å². The lowest BCUT2D eigenvalue weighted by Crippen LogP contribution is -2.29. The maximum atomic E-state index is 6.31. The number of rotatable bonds is 6. The summed E-state index contributed by atoms with van der Waals surface area (Å²) in [6.07, 6.45) is 1.83. The summed E-state index contributed by atoms with van der Waals surface area (Å²) in [5.41, 5.74) is 2.93. The van der Waals surface area contributed by atoms with E-state index in [0.717, 1.165) is 27.1 Å². The molecule has 0 atom stereocenters. The molecule has 0 aliphatic carbocycles. The van der Waals surface area contributed by atoms with Crippen LogP contribution in [0.15, 0.2) is 77.7 Å². The van der Waals surface area contributed by atoms with Crippen LogP contribution in [0.5, 0.6) is 0 Å². The number of benzene rings is 3. The van der Waals surface area contributed by atoms with Gasteiger partial charge in [0.25, 0.3) is 0 Å². The molecular formula is C19H17Cl6NSSi2. The molecule has 0 heterocycles. The molecule has 0 radical (unpaired) electrons. The summed E-state index contributed by atoms with van der Waals surface area (Å²) in [6.45, 7) is 0. The van der Waals surface area contributed by atoms with Gasteiger partial charge in [-0.2, -0.15) is 11.1 Å². The van der Waals surface area contributed by atoms with Crippen molar-refractivity contribution in [2.24, 2.45) is 0 Å². The molecule has 3 rings (SSSR count). The summed E-state index contributed by atoms with van der Waals surface area (Å²) in [6, 6.07) is 20.9. The van der Waals surface area contributed by atoms with Crippen molar-refractivity contribution in [3.63, 3.8) is 0 Å². The van der Waals surface area contributed by atoms with E-state index in [9.17, 15) is 0 Å². The smallest absolute Gasteiger partial charge is 0.311 e. The van der Waals surface area contributed by atoms with Crippen molar-refractivity contribution in [2.45, 2.75) is 4.90 Å². The van der Waals surface area contributed by atoms with Gasteiger partial charge in [-0.05, 0) is 86.5 Å². The fraction of sp³-hybridized carbons (Fsp3) is 0.0526. The summed E-state index contributed by atoms with van der Waals surface area (Å²) in [5.74, 6) is 0. The third-order valence-corrected chi connectivity index (χ3v) is 11.1. The van der Waals surface area contributed by atoms with Gasteiger partial charge in [-0.25, -0.2) is 0 Å². The summed E-state index contributed by atoms with van der Waals surface area (Å²) in [4.78, 5) is 3.04. The van der Waals surface area contributed by atoms with Crippen molar-refractivity contribution in [1.29, 1.82) is 0 Å². The lowest BCUT2D eigenvalue weighted by atomic mass is 10.2. The standard InChI is InChI=1S/C19H17Cl6NSSi2/c1-27(20,21)17-8-2-14(3-9-17)26(15-4-10-18(28-22)11-5-15)16-6-12-19(13-7-16)29(23,24)25/h2-13H,28H2,1H3. The van der Waals surface area contributed by atoms with E-state index >= 15 is 0 Å². The lowest BCUT2D eigenvalue weighted by molar-refractivity contribution is 1.27. The number of hydrogen-bond acceptors (Lipinski definition) is 1. The van der Waals surface area contributed by atoms with Gasteiger partial charge in [-0.15, -0.1) is 33.2 Å². The number of nitrogens with zero attached hydrogens (tertiary/aromatic N) is 1. The van der Waals surface area contributed by atoms with Crippen molar-refractivity contribution in [2.75, 3.05) is 11.2 Å². The van der Waals surface area contributed by atoms with Crippen LogP contribution in [0.25, 0.3) is 0 Å². The molecule has 1 nitrogen and oxygen atoms in total. The highest BCUT2D eigenvalue weighted by molar-refractivity contribution is 8.65. The summed E-state index contributed by atoms with van der Waals surface area (Å²) < 4.78 is 0. The average Bonchev–Trinajstić information content (AvgIpc) is 2.68. The average molecular weight is 560 g/mol. The van der Waals surface area contributed by atoms with Crippen LogP contribution in [-0.2, 0) is 0 Å². The summed E-state index contributed by atoms with van der Waals surface area (Å²) in [7, 11) is 10.1. The fourth-order valence-electron chi connectivity index (χ4n) is 2.81. The van der Waals surface area contributed by atoms with Gasteiger partial charge in [0.05, 0.1) is 0 Å². The second kappa shape index (κ2) is 9.64. The Morgan fingerprint density at radius 3 is 1.52 bits per heavy atom. The van der Waals surface area contributed by atoms with Gasteiger partial charge in [0, 0.05) is 22.0 Å². The molecule has 0 unspecified atom stereocenters. The normalized spacial score (nSPS) is 13.1. The summed E-state index contributed by atoms with van der Waals surface area (Å²) in [5, 5.41) is 1.93. The van der Waals surface area contributed by atoms with E-state index in [1.54, 1.807) is 0 Å². The Balaban J connectivity index is 2.06. The highest BCUT2D eigenvalue weighted by Gasteiger charge is 2.28. The zero-order valence-electron chi connectivity index (χ0n) is 15.3. The Labute approximate surface area is 203 Å². The predicted molar refractivity (Wildman–Crippen MR) is 142 cm³/mol. The van der Waals surface area contributed by atoms with E-state index in [1.165, 1.54) is 5.19 Å². The minimum atomic E-state index is -2.93.